The average molecular weight is 375 g/mol. The van der Waals surface area contributed by atoms with Gasteiger partial charge in [0.1, 0.15) is 0 Å². The largest absolute Gasteiger partial charge is 0.450 e. The second-order valence-electron chi connectivity index (χ2n) is 6.78. The van der Waals surface area contributed by atoms with E-state index in [9.17, 15) is 14.4 Å². The van der Waals surface area contributed by atoms with Gasteiger partial charge in [-0.3, -0.25) is 9.59 Å². The lowest BCUT2D eigenvalue weighted by Crippen LogP contribution is -2.51. The van der Waals surface area contributed by atoms with Gasteiger partial charge in [-0.05, 0) is 38.0 Å². The van der Waals surface area contributed by atoms with Crippen molar-refractivity contribution in [3.05, 3.63) is 29.3 Å². The molecule has 1 fully saturated rings. The molecular weight excluding hydrogens is 346 g/mol. The molecule has 1 aliphatic rings. The summed E-state index contributed by atoms with van der Waals surface area (Å²) in [5.41, 5.74) is 2.93. The van der Waals surface area contributed by atoms with Crippen LogP contribution < -0.4 is 4.90 Å². The van der Waals surface area contributed by atoms with Crippen LogP contribution in [-0.4, -0.2) is 67.0 Å². The number of aryl methyl sites for hydroxylation is 2. The Morgan fingerprint density at radius 3 is 2.30 bits per heavy atom. The minimum atomic E-state index is -0.331. The fraction of sp³-hybridized carbons (Fsp3) is 0.550. The number of piperazine rings is 1. The summed E-state index contributed by atoms with van der Waals surface area (Å²) in [5, 5.41) is 0. The van der Waals surface area contributed by atoms with E-state index in [-0.39, 0.29) is 24.3 Å². The van der Waals surface area contributed by atoms with Crippen molar-refractivity contribution in [1.82, 2.24) is 9.80 Å². The van der Waals surface area contributed by atoms with Crippen LogP contribution >= 0.6 is 0 Å². The lowest BCUT2D eigenvalue weighted by atomic mass is 10.1. The third-order valence-electron chi connectivity index (χ3n) is 4.74. The molecule has 0 spiro atoms. The highest BCUT2D eigenvalue weighted by molar-refractivity contribution is 5.93. The summed E-state index contributed by atoms with van der Waals surface area (Å²) in [4.78, 5) is 41.4. The molecule has 0 aliphatic carbocycles. The van der Waals surface area contributed by atoms with E-state index in [0.29, 0.717) is 39.3 Å². The Bertz CT molecular complexity index is 696. The quantitative estimate of drug-likeness (QED) is 0.792. The molecule has 0 atom stereocenters. The molecule has 1 aliphatic heterocycles. The normalized spacial score (nSPS) is 14.1. The predicted octanol–water partition coefficient (Wildman–Crippen LogP) is 2.35. The summed E-state index contributed by atoms with van der Waals surface area (Å²) in [5.74, 6) is -0.0845. The van der Waals surface area contributed by atoms with Gasteiger partial charge in [-0.25, -0.2) is 4.79 Å². The minimum Gasteiger partial charge on any atom is -0.450 e. The van der Waals surface area contributed by atoms with Gasteiger partial charge >= 0.3 is 6.09 Å². The predicted molar refractivity (Wildman–Crippen MR) is 104 cm³/mol. The topological polar surface area (TPSA) is 70.2 Å². The molecule has 2 rings (SSSR count). The van der Waals surface area contributed by atoms with E-state index in [2.05, 4.69) is 0 Å². The first-order valence-electron chi connectivity index (χ1n) is 9.38. The number of benzene rings is 1. The number of anilines is 1. The zero-order valence-electron chi connectivity index (χ0n) is 16.7. The van der Waals surface area contributed by atoms with Gasteiger partial charge in [0.2, 0.25) is 11.8 Å². The Morgan fingerprint density at radius 1 is 1.07 bits per heavy atom. The van der Waals surface area contributed by atoms with Crippen LogP contribution in [0, 0.1) is 13.8 Å². The van der Waals surface area contributed by atoms with Crippen molar-refractivity contribution in [3.8, 4) is 0 Å². The number of carbonyl (C=O) groups is 3. The van der Waals surface area contributed by atoms with Crippen LogP contribution in [0.25, 0.3) is 0 Å². The van der Waals surface area contributed by atoms with Gasteiger partial charge in [0.25, 0.3) is 0 Å². The molecule has 0 bridgehead atoms. The number of amides is 3. The van der Waals surface area contributed by atoms with Gasteiger partial charge in [-0.15, -0.1) is 0 Å². The molecule has 27 heavy (non-hydrogen) atoms. The Hall–Kier alpha value is -2.57. The lowest BCUT2D eigenvalue weighted by Gasteiger charge is -2.34. The fourth-order valence-electron chi connectivity index (χ4n) is 3.18. The Labute approximate surface area is 160 Å². The zero-order valence-corrected chi connectivity index (χ0v) is 16.7. The van der Waals surface area contributed by atoms with Crippen molar-refractivity contribution in [3.63, 3.8) is 0 Å². The van der Waals surface area contributed by atoms with Gasteiger partial charge in [0.15, 0.2) is 0 Å². The Kier molecular flexibility index (Phi) is 7.21. The summed E-state index contributed by atoms with van der Waals surface area (Å²) in [7, 11) is 0. The van der Waals surface area contributed by atoms with Gasteiger partial charge < -0.3 is 19.4 Å². The maximum absolute atomic E-state index is 12.6. The molecule has 0 saturated carbocycles. The molecule has 0 aromatic heterocycles. The van der Waals surface area contributed by atoms with Crippen LogP contribution in [-0.2, 0) is 14.3 Å². The number of hydrogen-bond acceptors (Lipinski definition) is 4. The number of ether oxygens (including phenoxy) is 1. The number of rotatable bonds is 5. The average Bonchev–Trinajstić information content (AvgIpc) is 2.64. The van der Waals surface area contributed by atoms with E-state index in [1.807, 2.05) is 32.0 Å². The Balaban J connectivity index is 1.92. The molecular formula is C20H29N3O4. The monoisotopic (exact) mass is 375 g/mol. The van der Waals surface area contributed by atoms with Crippen molar-refractivity contribution >= 4 is 23.6 Å². The van der Waals surface area contributed by atoms with Crippen LogP contribution in [0.1, 0.15) is 31.4 Å². The van der Waals surface area contributed by atoms with E-state index in [1.54, 1.807) is 21.6 Å². The molecule has 7 heteroatoms. The van der Waals surface area contributed by atoms with E-state index in [4.69, 9.17) is 4.74 Å². The molecule has 0 radical (unpaired) electrons. The molecule has 1 aromatic rings. The van der Waals surface area contributed by atoms with Gasteiger partial charge in [-0.1, -0.05) is 12.1 Å². The van der Waals surface area contributed by atoms with E-state index >= 15 is 0 Å². The summed E-state index contributed by atoms with van der Waals surface area (Å²) in [6.07, 6.45) is -0.0749. The van der Waals surface area contributed by atoms with Crippen LogP contribution in [0.2, 0.25) is 0 Å². The van der Waals surface area contributed by atoms with Gasteiger partial charge in [-0.2, -0.15) is 0 Å². The SMILES string of the molecule is CCOC(=O)N1CCN(C(=O)CCN(C(C)=O)c2cc(C)ccc2C)CC1. The second kappa shape index (κ2) is 9.39. The maximum atomic E-state index is 12.6. The highest BCUT2D eigenvalue weighted by Crippen LogP contribution is 2.22. The van der Waals surface area contributed by atoms with E-state index < -0.39 is 0 Å². The smallest absolute Gasteiger partial charge is 0.409 e. The van der Waals surface area contributed by atoms with Crippen LogP contribution in [0.5, 0.6) is 0 Å². The summed E-state index contributed by atoms with van der Waals surface area (Å²) in [6, 6.07) is 5.96. The maximum Gasteiger partial charge on any atom is 0.409 e. The zero-order chi connectivity index (χ0) is 20.0. The number of hydrogen-bond donors (Lipinski definition) is 0. The van der Waals surface area contributed by atoms with Crippen molar-refractivity contribution in [2.45, 2.75) is 34.1 Å². The lowest BCUT2D eigenvalue weighted by molar-refractivity contribution is -0.132. The van der Waals surface area contributed by atoms with Crippen molar-refractivity contribution in [2.24, 2.45) is 0 Å². The molecule has 0 unspecified atom stereocenters. The first-order valence-corrected chi connectivity index (χ1v) is 9.38. The minimum absolute atomic E-state index is 0.00457. The molecule has 3 amide bonds. The molecule has 1 aromatic carbocycles. The highest BCUT2D eigenvalue weighted by Gasteiger charge is 2.25. The van der Waals surface area contributed by atoms with Crippen LogP contribution in [0.15, 0.2) is 18.2 Å². The second-order valence-corrected chi connectivity index (χ2v) is 6.78. The third kappa shape index (κ3) is 5.45. The molecule has 148 valence electrons. The molecule has 1 heterocycles. The fourth-order valence-corrected chi connectivity index (χ4v) is 3.18. The van der Waals surface area contributed by atoms with Crippen molar-refractivity contribution < 1.29 is 19.1 Å². The van der Waals surface area contributed by atoms with E-state index in [1.165, 1.54) is 6.92 Å². The molecule has 1 saturated heterocycles. The standard InChI is InChI=1S/C20H29N3O4/c1-5-27-20(26)22-12-10-21(11-13-22)19(25)8-9-23(17(4)24)18-14-15(2)6-7-16(18)3/h6-7,14H,5,8-13H2,1-4H3. The van der Waals surface area contributed by atoms with Crippen molar-refractivity contribution in [1.29, 1.82) is 0 Å². The Morgan fingerprint density at radius 2 is 1.70 bits per heavy atom. The van der Waals surface area contributed by atoms with Crippen molar-refractivity contribution in [2.75, 3.05) is 44.2 Å². The number of nitrogens with zero attached hydrogens (tertiary/aromatic N) is 3. The van der Waals surface area contributed by atoms with Gasteiger partial charge in [0.05, 0.1) is 6.61 Å². The number of carbonyl (C=O) groups excluding carboxylic acids is 3. The molecule has 7 nitrogen and oxygen atoms in total. The van der Waals surface area contributed by atoms with E-state index in [0.717, 1.165) is 16.8 Å². The molecule has 0 N–H and O–H groups in total. The summed E-state index contributed by atoms with van der Waals surface area (Å²) < 4.78 is 4.99. The summed E-state index contributed by atoms with van der Waals surface area (Å²) in [6.45, 7) is 9.83. The van der Waals surface area contributed by atoms with Crippen LogP contribution in [0.3, 0.4) is 0 Å². The van der Waals surface area contributed by atoms with Crippen LogP contribution in [0.4, 0.5) is 10.5 Å². The first kappa shape index (κ1) is 20.7. The first-order chi connectivity index (χ1) is 12.8. The third-order valence-corrected chi connectivity index (χ3v) is 4.74. The van der Waals surface area contributed by atoms with Gasteiger partial charge in [0, 0.05) is 51.8 Å². The highest BCUT2D eigenvalue weighted by atomic mass is 16.6. The summed E-state index contributed by atoms with van der Waals surface area (Å²) >= 11 is 0.